The summed E-state index contributed by atoms with van der Waals surface area (Å²) in [4.78, 5) is 15.3. The predicted octanol–water partition coefficient (Wildman–Crippen LogP) is 3.61. The summed E-state index contributed by atoms with van der Waals surface area (Å²) in [5.41, 5.74) is 2.09. The van der Waals surface area contributed by atoms with Crippen molar-refractivity contribution >= 4 is 15.9 Å². The van der Waals surface area contributed by atoms with Crippen molar-refractivity contribution in [3.63, 3.8) is 0 Å². The Morgan fingerprint density at radius 1 is 1.09 bits per heavy atom. The molecular formula is C26H37N3O4S. The van der Waals surface area contributed by atoms with Gasteiger partial charge < -0.3 is 10.1 Å². The lowest BCUT2D eigenvalue weighted by Gasteiger charge is -2.28. The standard InChI is InChI=1S/C26H37N3O4S/c1-4-29(5-2)34(31,32)24-14-11-21(12-15-24)13-16-26(30)27-20-25(28-17-6-7-18-28)22-9-8-10-23(19-22)33-3/h8-12,14-15,19,25H,4-7,13,16-18,20H2,1-3H3,(H,27,30). The number of nitrogens with zero attached hydrogens (tertiary/aromatic N) is 2. The van der Waals surface area contributed by atoms with Crippen LogP contribution in [0.4, 0.5) is 0 Å². The highest BCUT2D eigenvalue weighted by molar-refractivity contribution is 7.89. The molecule has 0 bridgehead atoms. The van der Waals surface area contributed by atoms with Crippen molar-refractivity contribution in [1.82, 2.24) is 14.5 Å². The highest BCUT2D eigenvalue weighted by atomic mass is 32.2. The van der Waals surface area contributed by atoms with Crippen LogP contribution >= 0.6 is 0 Å². The number of hydrogen-bond acceptors (Lipinski definition) is 5. The summed E-state index contributed by atoms with van der Waals surface area (Å²) in [7, 11) is -1.80. The molecule has 1 saturated heterocycles. The van der Waals surface area contributed by atoms with Crippen molar-refractivity contribution in [2.24, 2.45) is 0 Å². The third-order valence-electron chi connectivity index (χ3n) is 6.46. The molecule has 2 aromatic rings. The number of methoxy groups -OCH3 is 1. The number of sulfonamides is 1. The summed E-state index contributed by atoms with van der Waals surface area (Å²) in [6, 6.07) is 15.0. The van der Waals surface area contributed by atoms with E-state index in [1.54, 1.807) is 31.4 Å². The number of amides is 1. The molecular weight excluding hydrogens is 450 g/mol. The number of hydrogen-bond donors (Lipinski definition) is 1. The Hall–Kier alpha value is -2.42. The molecule has 1 atom stereocenters. The fourth-order valence-electron chi connectivity index (χ4n) is 4.46. The molecule has 0 spiro atoms. The van der Waals surface area contributed by atoms with Crippen molar-refractivity contribution in [3.8, 4) is 5.75 Å². The van der Waals surface area contributed by atoms with Crippen molar-refractivity contribution in [2.45, 2.75) is 50.5 Å². The Bertz CT molecular complexity index is 1030. The normalized spacial score (nSPS) is 15.4. The summed E-state index contributed by atoms with van der Waals surface area (Å²) >= 11 is 0. The van der Waals surface area contributed by atoms with Gasteiger partial charge in [-0.3, -0.25) is 9.69 Å². The Morgan fingerprint density at radius 2 is 1.76 bits per heavy atom. The van der Waals surface area contributed by atoms with E-state index in [1.807, 2.05) is 32.0 Å². The lowest BCUT2D eigenvalue weighted by molar-refractivity contribution is -0.121. The molecule has 1 aliphatic rings. The van der Waals surface area contributed by atoms with Gasteiger partial charge in [0.25, 0.3) is 0 Å². The summed E-state index contributed by atoms with van der Waals surface area (Å²) in [6.45, 7) is 7.14. The molecule has 34 heavy (non-hydrogen) atoms. The number of ether oxygens (including phenoxy) is 1. The van der Waals surface area contributed by atoms with Crippen LogP contribution in [0.15, 0.2) is 53.4 Å². The molecule has 1 fully saturated rings. The largest absolute Gasteiger partial charge is 0.497 e. The van der Waals surface area contributed by atoms with Crippen molar-refractivity contribution < 1.29 is 17.9 Å². The minimum atomic E-state index is -3.47. The van der Waals surface area contributed by atoms with Gasteiger partial charge in [-0.05, 0) is 67.7 Å². The highest BCUT2D eigenvalue weighted by Gasteiger charge is 2.24. The molecule has 1 N–H and O–H groups in total. The summed E-state index contributed by atoms with van der Waals surface area (Å²) in [5, 5.41) is 3.11. The molecule has 8 heteroatoms. The molecule has 1 aliphatic heterocycles. The molecule has 2 aromatic carbocycles. The second-order valence-electron chi connectivity index (χ2n) is 8.57. The maximum absolute atomic E-state index is 12.6. The lowest BCUT2D eigenvalue weighted by atomic mass is 10.0. The SMILES string of the molecule is CCN(CC)S(=O)(=O)c1ccc(CCC(=O)NCC(c2cccc(OC)c2)N2CCCC2)cc1. The van der Waals surface area contributed by atoms with Crippen LogP contribution in [-0.2, 0) is 21.2 Å². The first-order valence-corrected chi connectivity index (χ1v) is 13.6. The van der Waals surface area contributed by atoms with E-state index in [9.17, 15) is 13.2 Å². The molecule has 3 rings (SSSR count). The van der Waals surface area contributed by atoms with Gasteiger partial charge in [0.05, 0.1) is 18.0 Å². The van der Waals surface area contributed by atoms with E-state index in [0.717, 1.165) is 30.0 Å². The Kier molecular flexibility index (Phi) is 9.50. The second-order valence-corrected chi connectivity index (χ2v) is 10.5. The number of carbonyl (C=O) groups is 1. The fourth-order valence-corrected chi connectivity index (χ4v) is 5.92. The zero-order valence-electron chi connectivity index (χ0n) is 20.5. The van der Waals surface area contributed by atoms with Crippen LogP contribution in [0.5, 0.6) is 5.75 Å². The highest BCUT2D eigenvalue weighted by Crippen LogP contribution is 2.27. The maximum atomic E-state index is 12.6. The van der Waals surface area contributed by atoms with Crippen molar-refractivity contribution in [3.05, 3.63) is 59.7 Å². The molecule has 7 nitrogen and oxygen atoms in total. The van der Waals surface area contributed by atoms with E-state index in [-0.39, 0.29) is 16.8 Å². The van der Waals surface area contributed by atoms with Crippen LogP contribution in [0.25, 0.3) is 0 Å². The molecule has 1 unspecified atom stereocenters. The Labute approximate surface area is 204 Å². The second kappa shape index (κ2) is 12.3. The monoisotopic (exact) mass is 487 g/mol. The maximum Gasteiger partial charge on any atom is 0.243 e. The molecule has 1 amide bonds. The molecule has 0 aliphatic carbocycles. The van der Waals surface area contributed by atoms with Gasteiger partial charge in [0.2, 0.25) is 15.9 Å². The van der Waals surface area contributed by atoms with Gasteiger partial charge in [0, 0.05) is 26.1 Å². The van der Waals surface area contributed by atoms with E-state index >= 15 is 0 Å². The van der Waals surface area contributed by atoms with Crippen molar-refractivity contribution in [2.75, 3.05) is 39.8 Å². The molecule has 0 radical (unpaired) electrons. The minimum absolute atomic E-state index is 0.00747. The number of benzene rings is 2. The number of aryl methyl sites for hydroxylation is 1. The third-order valence-corrected chi connectivity index (χ3v) is 8.52. The van der Waals surface area contributed by atoms with Crippen LogP contribution in [0.1, 0.15) is 50.3 Å². The van der Waals surface area contributed by atoms with Crippen LogP contribution < -0.4 is 10.1 Å². The molecule has 186 valence electrons. The zero-order valence-corrected chi connectivity index (χ0v) is 21.3. The van der Waals surface area contributed by atoms with Gasteiger partial charge in [-0.25, -0.2) is 8.42 Å². The van der Waals surface area contributed by atoms with E-state index in [4.69, 9.17) is 4.74 Å². The topological polar surface area (TPSA) is 79.0 Å². The first kappa shape index (κ1) is 26.2. The Morgan fingerprint density at radius 3 is 2.38 bits per heavy atom. The van der Waals surface area contributed by atoms with Crippen LogP contribution in [0.2, 0.25) is 0 Å². The van der Waals surface area contributed by atoms with E-state index in [0.29, 0.717) is 32.5 Å². The van der Waals surface area contributed by atoms with Crippen LogP contribution in [-0.4, -0.2) is 63.4 Å². The van der Waals surface area contributed by atoms with Gasteiger partial charge in [-0.15, -0.1) is 0 Å². The lowest BCUT2D eigenvalue weighted by Crippen LogP contribution is -2.36. The predicted molar refractivity (Wildman–Crippen MR) is 134 cm³/mol. The van der Waals surface area contributed by atoms with Crippen LogP contribution in [0, 0.1) is 0 Å². The first-order valence-electron chi connectivity index (χ1n) is 12.1. The molecule has 1 heterocycles. The van der Waals surface area contributed by atoms with Gasteiger partial charge in [0.15, 0.2) is 0 Å². The summed E-state index contributed by atoms with van der Waals surface area (Å²) < 4.78 is 32.1. The summed E-state index contributed by atoms with van der Waals surface area (Å²) in [6.07, 6.45) is 3.26. The average molecular weight is 488 g/mol. The quantitative estimate of drug-likeness (QED) is 0.495. The minimum Gasteiger partial charge on any atom is -0.497 e. The average Bonchev–Trinajstić information content (AvgIpc) is 3.38. The number of likely N-dealkylation sites (tertiary alicyclic amines) is 1. The molecule has 0 saturated carbocycles. The number of rotatable bonds is 12. The van der Waals surface area contributed by atoms with Gasteiger partial charge >= 0.3 is 0 Å². The summed E-state index contributed by atoms with van der Waals surface area (Å²) in [5.74, 6) is 0.811. The zero-order chi connectivity index (χ0) is 24.6. The van der Waals surface area contributed by atoms with Gasteiger partial charge in [0.1, 0.15) is 5.75 Å². The smallest absolute Gasteiger partial charge is 0.243 e. The number of carbonyl (C=O) groups excluding carboxylic acids is 1. The van der Waals surface area contributed by atoms with Crippen LogP contribution in [0.3, 0.4) is 0 Å². The van der Waals surface area contributed by atoms with Crippen molar-refractivity contribution in [1.29, 1.82) is 0 Å². The first-order chi connectivity index (χ1) is 16.4. The van der Waals surface area contributed by atoms with E-state index in [1.165, 1.54) is 17.1 Å². The fraction of sp³-hybridized carbons (Fsp3) is 0.500. The van der Waals surface area contributed by atoms with Gasteiger partial charge in [-0.2, -0.15) is 4.31 Å². The Balaban J connectivity index is 1.57. The van der Waals surface area contributed by atoms with E-state index in [2.05, 4.69) is 16.3 Å². The molecule has 0 aromatic heterocycles. The third kappa shape index (κ3) is 6.58. The van der Waals surface area contributed by atoms with Gasteiger partial charge in [-0.1, -0.05) is 38.1 Å². The number of nitrogens with one attached hydrogen (secondary N) is 1. The van der Waals surface area contributed by atoms with E-state index < -0.39 is 10.0 Å².